The Labute approximate surface area is 96.7 Å². The molecule has 1 heterocycles. The second-order valence-corrected chi connectivity index (χ2v) is 3.86. The van der Waals surface area contributed by atoms with Crippen molar-refractivity contribution >= 4 is 0 Å². The number of nitriles is 1. The van der Waals surface area contributed by atoms with E-state index in [4.69, 9.17) is 19.5 Å². The zero-order chi connectivity index (χ0) is 11.8. The first-order valence-electron chi connectivity index (χ1n) is 5.60. The van der Waals surface area contributed by atoms with Gasteiger partial charge in [0, 0.05) is 33.8 Å². The summed E-state index contributed by atoms with van der Waals surface area (Å²) in [5.41, 5.74) is 0. The summed E-state index contributed by atoms with van der Waals surface area (Å²) in [6.07, 6.45) is 2.63. The van der Waals surface area contributed by atoms with Crippen LogP contribution in [0.15, 0.2) is 0 Å². The molecule has 5 heteroatoms. The first-order chi connectivity index (χ1) is 7.80. The van der Waals surface area contributed by atoms with Crippen molar-refractivity contribution in [3.05, 3.63) is 0 Å². The van der Waals surface area contributed by atoms with Gasteiger partial charge >= 0.3 is 0 Å². The molecule has 0 aromatic heterocycles. The number of rotatable bonds is 7. The van der Waals surface area contributed by atoms with Crippen molar-refractivity contribution < 1.29 is 14.2 Å². The summed E-state index contributed by atoms with van der Waals surface area (Å²) in [6.45, 7) is 1.56. The van der Waals surface area contributed by atoms with Crippen LogP contribution >= 0.6 is 0 Å². The van der Waals surface area contributed by atoms with Crippen molar-refractivity contribution in [3.63, 3.8) is 0 Å². The Kier molecular flexibility index (Phi) is 6.34. The summed E-state index contributed by atoms with van der Waals surface area (Å²) in [5, 5.41) is 12.1. The average molecular weight is 228 g/mol. The van der Waals surface area contributed by atoms with Crippen LogP contribution in [0.2, 0.25) is 0 Å². The lowest BCUT2D eigenvalue weighted by Gasteiger charge is -2.19. The SMILES string of the molecule is COC(CC(C#N)NCC1CCCO1)OC. The predicted molar refractivity (Wildman–Crippen MR) is 58.8 cm³/mol. The van der Waals surface area contributed by atoms with Gasteiger partial charge in [0.2, 0.25) is 0 Å². The first kappa shape index (κ1) is 13.4. The van der Waals surface area contributed by atoms with Gasteiger partial charge in [0.05, 0.1) is 12.2 Å². The second kappa shape index (κ2) is 7.58. The third-order valence-corrected chi connectivity index (χ3v) is 2.73. The Morgan fingerprint density at radius 2 is 2.25 bits per heavy atom. The molecule has 1 rings (SSSR count). The zero-order valence-electron chi connectivity index (χ0n) is 9.94. The molecule has 1 N–H and O–H groups in total. The molecule has 0 aromatic rings. The van der Waals surface area contributed by atoms with Gasteiger partial charge in [-0.25, -0.2) is 0 Å². The van der Waals surface area contributed by atoms with E-state index in [0.717, 1.165) is 26.0 Å². The minimum Gasteiger partial charge on any atom is -0.377 e. The Hall–Kier alpha value is -0.670. The normalized spacial score (nSPS) is 22.2. The highest BCUT2D eigenvalue weighted by molar-refractivity contribution is 4.91. The Morgan fingerprint density at radius 3 is 2.75 bits per heavy atom. The van der Waals surface area contributed by atoms with Gasteiger partial charge in [-0.15, -0.1) is 0 Å². The van der Waals surface area contributed by atoms with Crippen molar-refractivity contribution in [2.75, 3.05) is 27.4 Å². The van der Waals surface area contributed by atoms with Crippen LogP contribution in [0.3, 0.4) is 0 Å². The predicted octanol–water partition coefficient (Wildman–Crippen LogP) is 0.656. The van der Waals surface area contributed by atoms with E-state index in [9.17, 15) is 0 Å². The van der Waals surface area contributed by atoms with Crippen molar-refractivity contribution in [1.82, 2.24) is 5.32 Å². The third-order valence-electron chi connectivity index (χ3n) is 2.73. The van der Waals surface area contributed by atoms with Gasteiger partial charge in [0.15, 0.2) is 6.29 Å². The van der Waals surface area contributed by atoms with Crippen LogP contribution in [0.1, 0.15) is 19.3 Å². The van der Waals surface area contributed by atoms with Crippen LogP contribution in [0.25, 0.3) is 0 Å². The molecule has 1 saturated heterocycles. The van der Waals surface area contributed by atoms with Crippen LogP contribution in [0.4, 0.5) is 0 Å². The van der Waals surface area contributed by atoms with Gasteiger partial charge in [-0.3, -0.25) is 5.32 Å². The van der Waals surface area contributed by atoms with Crippen LogP contribution in [-0.4, -0.2) is 45.8 Å². The quantitative estimate of drug-likeness (QED) is 0.648. The standard InChI is InChI=1S/C11H20N2O3/c1-14-11(15-2)6-9(7-12)13-8-10-4-3-5-16-10/h9-11,13H,3-6,8H2,1-2H3. The van der Waals surface area contributed by atoms with Crippen molar-refractivity contribution in [2.45, 2.75) is 37.7 Å². The van der Waals surface area contributed by atoms with E-state index in [1.54, 1.807) is 14.2 Å². The molecule has 1 aliphatic heterocycles. The largest absolute Gasteiger partial charge is 0.377 e. The number of hydrogen-bond donors (Lipinski definition) is 1. The van der Waals surface area contributed by atoms with E-state index in [1.807, 2.05) is 0 Å². The Bertz CT molecular complexity index is 220. The van der Waals surface area contributed by atoms with Crippen LogP contribution < -0.4 is 5.32 Å². The zero-order valence-corrected chi connectivity index (χ0v) is 9.94. The smallest absolute Gasteiger partial charge is 0.159 e. The monoisotopic (exact) mass is 228 g/mol. The lowest BCUT2D eigenvalue weighted by molar-refractivity contribution is -0.108. The maximum absolute atomic E-state index is 8.98. The topological polar surface area (TPSA) is 63.5 Å². The van der Waals surface area contributed by atoms with E-state index in [2.05, 4.69) is 11.4 Å². The molecule has 0 aromatic carbocycles. The van der Waals surface area contributed by atoms with Gasteiger partial charge in [-0.05, 0) is 12.8 Å². The molecule has 0 saturated carbocycles. The van der Waals surface area contributed by atoms with Crippen molar-refractivity contribution in [1.29, 1.82) is 5.26 Å². The molecule has 1 fully saturated rings. The molecule has 0 amide bonds. The summed E-state index contributed by atoms with van der Waals surface area (Å²) in [7, 11) is 3.14. The van der Waals surface area contributed by atoms with Gasteiger partial charge in [0.1, 0.15) is 6.04 Å². The van der Waals surface area contributed by atoms with E-state index < -0.39 is 0 Å². The van der Waals surface area contributed by atoms with Crippen LogP contribution in [0, 0.1) is 11.3 Å². The Morgan fingerprint density at radius 1 is 1.50 bits per heavy atom. The van der Waals surface area contributed by atoms with Gasteiger partial charge in [-0.1, -0.05) is 0 Å². The average Bonchev–Trinajstić information content (AvgIpc) is 2.83. The number of nitrogens with one attached hydrogen (secondary N) is 1. The number of methoxy groups -OCH3 is 2. The van der Waals surface area contributed by atoms with Crippen LogP contribution in [-0.2, 0) is 14.2 Å². The maximum Gasteiger partial charge on any atom is 0.159 e. The molecule has 16 heavy (non-hydrogen) atoms. The third kappa shape index (κ3) is 4.45. The molecule has 0 bridgehead atoms. The fourth-order valence-electron chi connectivity index (χ4n) is 1.74. The molecule has 0 radical (unpaired) electrons. The number of hydrogen-bond acceptors (Lipinski definition) is 5. The highest BCUT2D eigenvalue weighted by Gasteiger charge is 2.19. The second-order valence-electron chi connectivity index (χ2n) is 3.86. The molecule has 5 nitrogen and oxygen atoms in total. The molecule has 0 spiro atoms. The van der Waals surface area contributed by atoms with E-state index in [0.29, 0.717) is 6.42 Å². The molecule has 2 atom stereocenters. The maximum atomic E-state index is 8.98. The highest BCUT2D eigenvalue weighted by atomic mass is 16.7. The first-order valence-corrected chi connectivity index (χ1v) is 5.60. The minimum atomic E-state index is -0.332. The van der Waals surface area contributed by atoms with Gasteiger partial charge in [-0.2, -0.15) is 5.26 Å². The number of nitrogens with zero attached hydrogens (tertiary/aromatic N) is 1. The lowest BCUT2D eigenvalue weighted by Crippen LogP contribution is -2.37. The summed E-state index contributed by atoms with van der Waals surface area (Å²) in [4.78, 5) is 0. The minimum absolute atomic E-state index is 0.249. The van der Waals surface area contributed by atoms with Crippen LogP contribution in [0.5, 0.6) is 0 Å². The fourth-order valence-corrected chi connectivity index (χ4v) is 1.74. The van der Waals surface area contributed by atoms with E-state index >= 15 is 0 Å². The molecule has 1 aliphatic rings. The molecular formula is C11H20N2O3. The summed E-state index contributed by atoms with van der Waals surface area (Å²) >= 11 is 0. The van der Waals surface area contributed by atoms with Crippen molar-refractivity contribution in [3.8, 4) is 6.07 Å². The summed E-state index contributed by atoms with van der Waals surface area (Å²) < 4.78 is 15.6. The van der Waals surface area contributed by atoms with Gasteiger partial charge in [0.25, 0.3) is 0 Å². The summed E-state index contributed by atoms with van der Waals surface area (Å²) in [5.74, 6) is 0. The summed E-state index contributed by atoms with van der Waals surface area (Å²) in [6, 6.07) is 1.94. The van der Waals surface area contributed by atoms with Crippen molar-refractivity contribution in [2.24, 2.45) is 0 Å². The lowest BCUT2D eigenvalue weighted by atomic mass is 10.2. The van der Waals surface area contributed by atoms with Gasteiger partial charge < -0.3 is 14.2 Å². The van der Waals surface area contributed by atoms with E-state index in [-0.39, 0.29) is 18.4 Å². The van der Waals surface area contributed by atoms with E-state index in [1.165, 1.54) is 0 Å². The molecular weight excluding hydrogens is 208 g/mol. The highest BCUT2D eigenvalue weighted by Crippen LogP contribution is 2.11. The number of ether oxygens (including phenoxy) is 3. The molecule has 0 aliphatic carbocycles. The Balaban J connectivity index is 2.23. The molecule has 92 valence electrons. The molecule has 2 unspecified atom stereocenters. The fraction of sp³-hybridized carbons (Fsp3) is 0.909.